The molecule has 3 amide bonds. The SMILES string of the molecule is CC(=O)N[C@H]1[C@H](OC[C@H]2O[C@@H](O[C@@H]([C@H](O)[C@@H](O)CO)[C@H](O)CO)[C@H](O)[C@@H](O[C@@H]3O[C@H](CO)[C@H](O)[C@H](O)[C@H]3O)[C@H]2O)O[C@H](CO)[C@@H](O[C@@H]2O[C@H](CO)[C@H](O[C@@H]3O[C@H](CO)[C@H](O)[C@H](O)[C@H]3NC(C)=O)[C@H](O[C@]3(C(=O)O)C[C@H](O)[C@@H](NC(C)=O)[C@H]([C@H](O)[C@H](O)CO)O3)[C@H]2O)[C@@H]1O. The quantitative estimate of drug-likeness (QED) is 0.0331. The van der Waals surface area contributed by atoms with Crippen molar-refractivity contribution in [2.75, 3.05) is 52.9 Å². The fourth-order valence-corrected chi connectivity index (χ4v) is 11.4. The number of aliphatic hydroxyl groups excluding tert-OH is 22. The maximum atomic E-state index is 13.6. The van der Waals surface area contributed by atoms with Crippen LogP contribution in [0, 0.1) is 0 Å². The van der Waals surface area contributed by atoms with Crippen LogP contribution < -0.4 is 16.0 Å². The van der Waals surface area contributed by atoms with Gasteiger partial charge < -0.3 is 190 Å². The first-order valence-electron chi connectivity index (χ1n) is 29.2. The highest BCUT2D eigenvalue weighted by Crippen LogP contribution is 2.41. The number of hydrogen-bond acceptors (Lipinski definition) is 38. The van der Waals surface area contributed by atoms with Gasteiger partial charge in [0.2, 0.25) is 17.7 Å². The molecule has 26 N–H and O–H groups in total. The van der Waals surface area contributed by atoms with Gasteiger partial charge in [-0.25, -0.2) is 4.79 Å². The van der Waals surface area contributed by atoms with Crippen molar-refractivity contribution in [3.8, 4) is 0 Å². The molecular formula is C51H87N3O39. The monoisotopic (exact) mass is 1370 g/mol. The van der Waals surface area contributed by atoms with Crippen molar-refractivity contribution in [2.45, 2.75) is 241 Å². The molecule has 540 valence electrons. The summed E-state index contributed by atoms with van der Waals surface area (Å²) in [5.74, 6) is -8.36. The van der Waals surface area contributed by atoms with Crippen LogP contribution in [-0.2, 0) is 76.0 Å². The van der Waals surface area contributed by atoms with E-state index in [2.05, 4.69) is 16.0 Å². The van der Waals surface area contributed by atoms with E-state index in [1.54, 1.807) is 0 Å². The summed E-state index contributed by atoms with van der Waals surface area (Å²) in [7, 11) is 0. The third-order valence-electron chi connectivity index (χ3n) is 16.3. The molecule has 42 nitrogen and oxygen atoms in total. The lowest BCUT2D eigenvalue weighted by Gasteiger charge is -2.52. The smallest absolute Gasteiger partial charge is 0.364 e. The molecule has 0 radical (unpaired) electrons. The fourth-order valence-electron chi connectivity index (χ4n) is 11.4. The van der Waals surface area contributed by atoms with Crippen LogP contribution in [0.4, 0.5) is 0 Å². The first-order valence-corrected chi connectivity index (χ1v) is 29.2. The van der Waals surface area contributed by atoms with Crippen LogP contribution in [0.2, 0.25) is 0 Å². The van der Waals surface area contributed by atoms with Gasteiger partial charge in [-0.05, 0) is 0 Å². The van der Waals surface area contributed by atoms with Crippen molar-refractivity contribution in [1.29, 1.82) is 0 Å². The Morgan fingerprint density at radius 2 is 0.914 bits per heavy atom. The van der Waals surface area contributed by atoms with Gasteiger partial charge in [0, 0.05) is 27.2 Å². The molecule has 93 heavy (non-hydrogen) atoms. The highest BCUT2D eigenvalue weighted by Gasteiger charge is 2.62. The predicted molar refractivity (Wildman–Crippen MR) is 286 cm³/mol. The standard InChI is InChI=1S/C51H87N3O39/c1-13(62)52-25-16(65)4-51(50(80)81,92-42(25)29(70)18(67)6-56)93-44-38(79)49(86-23(11-61)41(44)90-46-26(53-14(2)63)33(74)30(71)20(8-58)83-46)89-40-22(10-60)85-45(27(34(40)75)54-15(3)64)82-12-24-32(73)43(91-47-36(77)35(76)31(72)21(9-59)84-47)37(78)48(87-24)88-39(19(68)7-57)28(69)17(66)5-55/h16-49,55-61,65-79H,4-12H2,1-3H3,(H,52,62)(H,53,63)(H,54,64)(H,80,81)/t16-,17-,18+,19+,20+,21+,22+,23+,24+,25+,26+,27+,28+,29+,30-,31-,32-,33+,34+,35-,36+,37+,38+,39+,40+,41-,42+,43-,44+,45+,46-,47-,48-,49-,51-/m0/s1. The van der Waals surface area contributed by atoms with E-state index in [0.29, 0.717) is 0 Å². The Morgan fingerprint density at radius 1 is 0.462 bits per heavy atom. The summed E-state index contributed by atoms with van der Waals surface area (Å²) in [6.45, 7) is -6.38. The number of carbonyl (C=O) groups is 4. The molecular weight excluding hydrogens is 1280 g/mol. The number of rotatable bonds is 29. The zero-order chi connectivity index (χ0) is 69.4. The Labute approximate surface area is 526 Å². The van der Waals surface area contributed by atoms with Gasteiger partial charge in [-0.1, -0.05) is 0 Å². The number of amides is 3. The molecule has 6 aliphatic rings. The number of aliphatic hydroxyl groups is 22. The number of nitrogens with one attached hydrogen (secondary N) is 3. The summed E-state index contributed by atoms with van der Waals surface area (Å²) in [5.41, 5.74) is 0. The van der Waals surface area contributed by atoms with Crippen molar-refractivity contribution < 1.29 is 193 Å². The highest BCUT2D eigenvalue weighted by molar-refractivity contribution is 5.77. The third-order valence-corrected chi connectivity index (χ3v) is 16.3. The van der Waals surface area contributed by atoms with Crippen molar-refractivity contribution in [2.24, 2.45) is 0 Å². The second-order valence-electron chi connectivity index (χ2n) is 23.0. The molecule has 6 saturated heterocycles. The summed E-state index contributed by atoms with van der Waals surface area (Å²) in [6.07, 6.45) is -67.9. The molecule has 6 fully saturated rings. The van der Waals surface area contributed by atoms with Crippen LogP contribution in [0.15, 0.2) is 0 Å². The number of carbonyl (C=O) groups excluding carboxylic acids is 3. The average Bonchev–Trinajstić information content (AvgIpc) is 0.754. The summed E-state index contributed by atoms with van der Waals surface area (Å²) < 4.78 is 70.0. The van der Waals surface area contributed by atoms with E-state index in [9.17, 15) is 137 Å². The van der Waals surface area contributed by atoms with E-state index in [-0.39, 0.29) is 0 Å². The highest BCUT2D eigenvalue weighted by atomic mass is 16.8. The maximum absolute atomic E-state index is 13.6. The van der Waals surface area contributed by atoms with Crippen molar-refractivity contribution in [3.63, 3.8) is 0 Å². The van der Waals surface area contributed by atoms with Crippen LogP contribution in [0.3, 0.4) is 0 Å². The molecule has 6 aliphatic heterocycles. The van der Waals surface area contributed by atoms with Gasteiger partial charge in [0.25, 0.3) is 5.79 Å². The van der Waals surface area contributed by atoms with E-state index >= 15 is 0 Å². The summed E-state index contributed by atoms with van der Waals surface area (Å²) in [5, 5.41) is 255. The molecule has 6 rings (SSSR count). The molecule has 0 aromatic rings. The average molecular weight is 1370 g/mol. The van der Waals surface area contributed by atoms with E-state index in [1.165, 1.54) is 0 Å². The molecule has 6 heterocycles. The second-order valence-corrected chi connectivity index (χ2v) is 23.0. The first-order chi connectivity index (χ1) is 43.8. The third kappa shape index (κ3) is 17.9. The normalized spacial score (nSPS) is 43.6. The number of carboxylic acid groups (broad SMARTS) is 1. The Kier molecular flexibility index (Phi) is 29.0. The van der Waals surface area contributed by atoms with Crippen molar-refractivity contribution in [3.05, 3.63) is 0 Å². The van der Waals surface area contributed by atoms with Gasteiger partial charge in [0.15, 0.2) is 31.5 Å². The summed E-state index contributed by atoms with van der Waals surface area (Å²) >= 11 is 0. The topological polar surface area (TPSA) is 680 Å². The van der Waals surface area contributed by atoms with Gasteiger partial charge in [0.1, 0.15) is 165 Å². The molecule has 0 bridgehead atoms. The molecule has 0 unspecified atom stereocenters. The van der Waals surface area contributed by atoms with Gasteiger partial charge in [0.05, 0.1) is 65.0 Å². The van der Waals surface area contributed by atoms with Crippen LogP contribution in [0.1, 0.15) is 27.2 Å². The Balaban J connectivity index is 1.36. The van der Waals surface area contributed by atoms with E-state index in [4.69, 9.17) is 56.8 Å². The fraction of sp³-hybridized carbons (Fsp3) is 0.922. The summed E-state index contributed by atoms with van der Waals surface area (Å²) in [6, 6.07) is -5.55. The Bertz CT molecular complexity index is 2360. The van der Waals surface area contributed by atoms with Crippen molar-refractivity contribution >= 4 is 23.7 Å². The second kappa shape index (κ2) is 34.3. The summed E-state index contributed by atoms with van der Waals surface area (Å²) in [4.78, 5) is 51.3. The minimum atomic E-state index is -3.40. The lowest BCUT2D eigenvalue weighted by atomic mass is 9.88. The maximum Gasteiger partial charge on any atom is 0.364 e. The lowest BCUT2D eigenvalue weighted by molar-refractivity contribution is -0.399. The minimum absolute atomic E-state index is 0.892. The minimum Gasteiger partial charge on any atom is -0.477 e. The molecule has 35 atom stereocenters. The molecule has 0 aliphatic carbocycles. The Morgan fingerprint density at radius 3 is 1.45 bits per heavy atom. The molecule has 0 aromatic heterocycles. The molecule has 0 aromatic carbocycles. The first kappa shape index (κ1) is 78.5. The zero-order valence-corrected chi connectivity index (χ0v) is 49.8. The lowest BCUT2D eigenvalue weighted by Crippen LogP contribution is -2.72. The van der Waals surface area contributed by atoms with Crippen LogP contribution in [0.5, 0.6) is 0 Å². The van der Waals surface area contributed by atoms with E-state index < -0.39 is 297 Å². The number of aliphatic carboxylic acids is 1. The molecule has 0 spiro atoms. The number of ether oxygens (including phenoxy) is 12. The van der Waals surface area contributed by atoms with Crippen LogP contribution in [0.25, 0.3) is 0 Å². The van der Waals surface area contributed by atoms with E-state index in [0.717, 1.165) is 20.8 Å². The predicted octanol–water partition coefficient (Wildman–Crippen LogP) is -17.0. The van der Waals surface area contributed by atoms with Crippen LogP contribution in [-0.4, -0.2) is 408 Å². The van der Waals surface area contributed by atoms with Crippen molar-refractivity contribution in [1.82, 2.24) is 16.0 Å². The van der Waals surface area contributed by atoms with Gasteiger partial charge >= 0.3 is 5.97 Å². The Hall–Kier alpha value is -3.48. The zero-order valence-electron chi connectivity index (χ0n) is 49.8. The van der Waals surface area contributed by atoms with E-state index in [1.807, 2.05) is 0 Å². The number of carboxylic acids is 1. The molecule has 42 heteroatoms. The molecule has 0 saturated carbocycles. The van der Waals surface area contributed by atoms with Crippen LogP contribution >= 0.6 is 0 Å². The largest absolute Gasteiger partial charge is 0.477 e. The van der Waals surface area contributed by atoms with Gasteiger partial charge in [-0.2, -0.15) is 0 Å². The van der Waals surface area contributed by atoms with Gasteiger partial charge in [-0.15, -0.1) is 0 Å². The number of hydrogen-bond donors (Lipinski definition) is 26. The van der Waals surface area contributed by atoms with Gasteiger partial charge in [-0.3, -0.25) is 14.4 Å².